The molecule has 0 aliphatic carbocycles. The van der Waals surface area contributed by atoms with Gasteiger partial charge in [-0.1, -0.05) is 22.0 Å². The first kappa shape index (κ1) is 17.9. The molecule has 0 radical (unpaired) electrons. The van der Waals surface area contributed by atoms with Crippen LogP contribution in [-0.4, -0.2) is 31.4 Å². The lowest BCUT2D eigenvalue weighted by molar-refractivity contribution is -0.131. The van der Waals surface area contributed by atoms with Gasteiger partial charge in [-0.3, -0.25) is 0 Å². The van der Waals surface area contributed by atoms with E-state index in [-0.39, 0.29) is 0 Å². The molecule has 0 amide bonds. The van der Waals surface area contributed by atoms with Crippen LogP contribution in [-0.2, 0) is 4.79 Å². The van der Waals surface area contributed by atoms with Crippen LogP contribution in [0.2, 0.25) is 0 Å². The van der Waals surface area contributed by atoms with Gasteiger partial charge in [-0.25, -0.2) is 4.79 Å². The molecule has 0 aliphatic heterocycles. The van der Waals surface area contributed by atoms with Gasteiger partial charge in [0.15, 0.2) is 11.5 Å². The van der Waals surface area contributed by atoms with Crippen LogP contribution >= 0.6 is 15.9 Å². The third kappa shape index (κ3) is 5.62. The zero-order valence-corrected chi connectivity index (χ0v) is 14.7. The molecule has 0 saturated heterocycles. The van der Waals surface area contributed by atoms with Crippen molar-refractivity contribution in [3.8, 4) is 17.2 Å². The summed E-state index contributed by atoms with van der Waals surface area (Å²) >= 11 is 3.37. The lowest BCUT2D eigenvalue weighted by Crippen LogP contribution is -2.09. The van der Waals surface area contributed by atoms with Gasteiger partial charge in [0.05, 0.1) is 7.11 Å². The third-order valence-electron chi connectivity index (χ3n) is 3.03. The molecule has 2 aromatic carbocycles. The molecule has 0 aliphatic rings. The Bertz CT molecular complexity index is 710. The van der Waals surface area contributed by atoms with Gasteiger partial charge in [-0.15, -0.1) is 0 Å². The molecule has 24 heavy (non-hydrogen) atoms. The summed E-state index contributed by atoms with van der Waals surface area (Å²) in [5, 5.41) is 8.65. The van der Waals surface area contributed by atoms with Gasteiger partial charge in [0.2, 0.25) is 0 Å². The van der Waals surface area contributed by atoms with Gasteiger partial charge in [0.25, 0.3) is 0 Å². The molecule has 0 spiro atoms. The zero-order chi connectivity index (χ0) is 17.4. The third-order valence-corrected chi connectivity index (χ3v) is 3.56. The number of rotatable bonds is 8. The van der Waals surface area contributed by atoms with Crippen LogP contribution in [0.25, 0.3) is 6.08 Å². The van der Waals surface area contributed by atoms with Gasteiger partial charge < -0.3 is 19.3 Å². The molecule has 0 unspecified atom stereocenters. The first-order valence-electron chi connectivity index (χ1n) is 7.18. The van der Waals surface area contributed by atoms with Gasteiger partial charge in [0.1, 0.15) is 19.0 Å². The van der Waals surface area contributed by atoms with Crippen molar-refractivity contribution < 1.29 is 24.1 Å². The first-order chi connectivity index (χ1) is 11.6. The number of methoxy groups -OCH3 is 1. The molecule has 0 heterocycles. The molecule has 0 saturated carbocycles. The maximum atomic E-state index is 10.5. The second-order valence-corrected chi connectivity index (χ2v) is 5.65. The maximum absolute atomic E-state index is 10.5. The summed E-state index contributed by atoms with van der Waals surface area (Å²) in [4.78, 5) is 10.5. The smallest absolute Gasteiger partial charge is 0.328 e. The molecule has 1 N–H and O–H groups in total. The summed E-state index contributed by atoms with van der Waals surface area (Å²) in [7, 11) is 1.53. The minimum absolute atomic E-state index is 0.358. The molecule has 6 heteroatoms. The van der Waals surface area contributed by atoms with E-state index < -0.39 is 5.97 Å². The predicted molar refractivity (Wildman–Crippen MR) is 94.8 cm³/mol. The van der Waals surface area contributed by atoms with E-state index in [1.54, 1.807) is 18.2 Å². The van der Waals surface area contributed by atoms with E-state index in [9.17, 15) is 4.79 Å². The Kier molecular flexibility index (Phi) is 6.69. The van der Waals surface area contributed by atoms with Gasteiger partial charge in [0, 0.05) is 10.5 Å². The van der Waals surface area contributed by atoms with Crippen molar-refractivity contribution >= 4 is 28.0 Å². The van der Waals surface area contributed by atoms with Crippen LogP contribution in [0.15, 0.2) is 53.0 Å². The highest BCUT2D eigenvalue weighted by Crippen LogP contribution is 2.28. The number of ether oxygens (including phenoxy) is 3. The van der Waals surface area contributed by atoms with Crippen molar-refractivity contribution in [3.63, 3.8) is 0 Å². The zero-order valence-electron chi connectivity index (χ0n) is 13.1. The van der Waals surface area contributed by atoms with Crippen molar-refractivity contribution in [2.45, 2.75) is 0 Å². The van der Waals surface area contributed by atoms with Crippen LogP contribution in [0.4, 0.5) is 0 Å². The number of carboxylic acid groups (broad SMARTS) is 1. The molecule has 2 rings (SSSR count). The minimum atomic E-state index is -1.00. The Labute approximate surface area is 148 Å². The highest BCUT2D eigenvalue weighted by atomic mass is 79.9. The van der Waals surface area contributed by atoms with Crippen molar-refractivity contribution in [2.24, 2.45) is 0 Å². The fourth-order valence-corrected chi connectivity index (χ4v) is 2.18. The average Bonchev–Trinajstić information content (AvgIpc) is 2.59. The quantitative estimate of drug-likeness (QED) is 0.542. The van der Waals surface area contributed by atoms with E-state index in [0.717, 1.165) is 16.3 Å². The topological polar surface area (TPSA) is 65.0 Å². The van der Waals surface area contributed by atoms with Crippen molar-refractivity contribution in [3.05, 3.63) is 58.6 Å². The number of benzene rings is 2. The number of hydrogen-bond acceptors (Lipinski definition) is 4. The molecule has 0 atom stereocenters. The minimum Gasteiger partial charge on any atom is -0.493 e. The Balaban J connectivity index is 1.89. The van der Waals surface area contributed by atoms with Crippen molar-refractivity contribution in [2.75, 3.05) is 20.3 Å². The van der Waals surface area contributed by atoms with Crippen molar-refractivity contribution in [1.29, 1.82) is 0 Å². The number of hydrogen-bond donors (Lipinski definition) is 1. The van der Waals surface area contributed by atoms with Gasteiger partial charge >= 0.3 is 5.97 Å². The summed E-state index contributed by atoms with van der Waals surface area (Å²) in [6, 6.07) is 12.8. The Morgan fingerprint density at radius 2 is 1.79 bits per heavy atom. The molecule has 2 aromatic rings. The summed E-state index contributed by atoms with van der Waals surface area (Å²) in [5.74, 6) is 0.873. The normalized spacial score (nSPS) is 10.6. The van der Waals surface area contributed by atoms with Crippen LogP contribution in [0.3, 0.4) is 0 Å². The number of aliphatic carboxylic acids is 1. The molecule has 0 aromatic heterocycles. The van der Waals surface area contributed by atoms with E-state index in [0.29, 0.717) is 30.3 Å². The van der Waals surface area contributed by atoms with Crippen LogP contribution in [0.5, 0.6) is 17.2 Å². The van der Waals surface area contributed by atoms with Crippen LogP contribution < -0.4 is 14.2 Å². The lowest BCUT2D eigenvalue weighted by atomic mass is 10.2. The standard InChI is InChI=1S/C18H17BrO5/c1-22-17-12-13(3-9-18(20)21)2-8-16(17)24-11-10-23-15-6-4-14(19)5-7-15/h2-9,12H,10-11H2,1H3,(H,20,21). The predicted octanol–water partition coefficient (Wildman–Crippen LogP) is 4.01. The van der Waals surface area contributed by atoms with Gasteiger partial charge in [-0.05, 0) is 48.0 Å². The molecule has 0 bridgehead atoms. The highest BCUT2D eigenvalue weighted by molar-refractivity contribution is 9.10. The van der Waals surface area contributed by atoms with Crippen LogP contribution in [0.1, 0.15) is 5.56 Å². The summed E-state index contributed by atoms with van der Waals surface area (Å²) in [6.45, 7) is 0.752. The van der Waals surface area contributed by atoms with E-state index in [1.807, 2.05) is 24.3 Å². The van der Waals surface area contributed by atoms with E-state index in [1.165, 1.54) is 13.2 Å². The molecule has 0 fully saturated rings. The Morgan fingerprint density at radius 1 is 1.08 bits per heavy atom. The van der Waals surface area contributed by atoms with E-state index in [4.69, 9.17) is 19.3 Å². The molecule has 5 nitrogen and oxygen atoms in total. The highest BCUT2D eigenvalue weighted by Gasteiger charge is 2.05. The van der Waals surface area contributed by atoms with E-state index >= 15 is 0 Å². The summed E-state index contributed by atoms with van der Waals surface area (Å²) in [6.07, 6.45) is 2.56. The molecule has 126 valence electrons. The fraction of sp³-hybridized carbons (Fsp3) is 0.167. The first-order valence-corrected chi connectivity index (χ1v) is 7.98. The second-order valence-electron chi connectivity index (χ2n) is 4.73. The Morgan fingerprint density at radius 3 is 2.46 bits per heavy atom. The summed E-state index contributed by atoms with van der Waals surface area (Å²) < 4.78 is 17.5. The Hall–Kier alpha value is -2.47. The fourth-order valence-electron chi connectivity index (χ4n) is 1.92. The number of carboxylic acids is 1. The summed E-state index contributed by atoms with van der Waals surface area (Å²) in [5.41, 5.74) is 0.715. The lowest BCUT2D eigenvalue weighted by Gasteiger charge is -2.12. The largest absolute Gasteiger partial charge is 0.493 e. The number of halogens is 1. The van der Waals surface area contributed by atoms with Crippen LogP contribution in [0, 0.1) is 0 Å². The molecular weight excluding hydrogens is 376 g/mol. The van der Waals surface area contributed by atoms with Gasteiger partial charge in [-0.2, -0.15) is 0 Å². The molecular formula is C18H17BrO5. The monoisotopic (exact) mass is 392 g/mol. The average molecular weight is 393 g/mol. The van der Waals surface area contributed by atoms with Crippen molar-refractivity contribution in [1.82, 2.24) is 0 Å². The SMILES string of the molecule is COc1cc(C=CC(=O)O)ccc1OCCOc1ccc(Br)cc1. The number of carbonyl (C=O) groups is 1. The van der Waals surface area contributed by atoms with E-state index in [2.05, 4.69) is 15.9 Å². The second kappa shape index (κ2) is 8.98. The maximum Gasteiger partial charge on any atom is 0.328 e.